The van der Waals surface area contributed by atoms with Gasteiger partial charge in [-0.25, -0.2) is 0 Å². The van der Waals surface area contributed by atoms with E-state index in [-0.39, 0.29) is 5.54 Å². The maximum atomic E-state index is 8.77. The molecule has 0 aromatic heterocycles. The van der Waals surface area contributed by atoms with Crippen LogP contribution in [0.15, 0.2) is 24.3 Å². The zero-order chi connectivity index (χ0) is 11.3. The van der Waals surface area contributed by atoms with E-state index < -0.39 is 0 Å². The third kappa shape index (κ3) is 3.61. The Labute approximate surface area is 90.9 Å². The Morgan fingerprint density at radius 3 is 2.80 bits per heavy atom. The Morgan fingerprint density at radius 2 is 2.20 bits per heavy atom. The molecule has 0 heterocycles. The van der Waals surface area contributed by atoms with E-state index in [0.29, 0.717) is 12.1 Å². The van der Waals surface area contributed by atoms with Crippen LogP contribution in [0.25, 0.3) is 0 Å². The summed E-state index contributed by atoms with van der Waals surface area (Å²) in [5.74, 6) is 0. The Kier molecular flexibility index (Phi) is 3.70. The SMILES string of the molecule is CC(C)(CCN)Nc1cccc(C#N)c1. The maximum Gasteiger partial charge on any atom is 0.0992 e. The zero-order valence-electron chi connectivity index (χ0n) is 9.25. The number of nitriles is 1. The highest BCUT2D eigenvalue weighted by atomic mass is 15.0. The first kappa shape index (κ1) is 11.5. The molecule has 0 radical (unpaired) electrons. The number of nitrogens with one attached hydrogen (secondary N) is 1. The number of anilines is 1. The topological polar surface area (TPSA) is 61.8 Å². The van der Waals surface area contributed by atoms with Crippen LogP contribution in [-0.2, 0) is 0 Å². The summed E-state index contributed by atoms with van der Waals surface area (Å²) in [5.41, 5.74) is 7.13. The second-order valence-corrected chi connectivity index (χ2v) is 4.24. The van der Waals surface area contributed by atoms with E-state index in [1.54, 1.807) is 6.07 Å². The summed E-state index contributed by atoms with van der Waals surface area (Å²) >= 11 is 0. The molecule has 1 rings (SSSR count). The van der Waals surface area contributed by atoms with Crippen molar-refractivity contribution in [3.8, 4) is 6.07 Å². The van der Waals surface area contributed by atoms with Crippen LogP contribution in [-0.4, -0.2) is 12.1 Å². The van der Waals surface area contributed by atoms with Crippen molar-refractivity contribution in [3.05, 3.63) is 29.8 Å². The largest absolute Gasteiger partial charge is 0.380 e. The Balaban J connectivity index is 2.76. The van der Waals surface area contributed by atoms with Crippen molar-refractivity contribution in [3.63, 3.8) is 0 Å². The van der Waals surface area contributed by atoms with E-state index in [1.807, 2.05) is 18.2 Å². The van der Waals surface area contributed by atoms with Crippen LogP contribution >= 0.6 is 0 Å². The van der Waals surface area contributed by atoms with Crippen LogP contribution in [0.2, 0.25) is 0 Å². The molecule has 80 valence electrons. The van der Waals surface area contributed by atoms with Gasteiger partial charge in [-0.3, -0.25) is 0 Å². The smallest absolute Gasteiger partial charge is 0.0992 e. The molecular weight excluding hydrogens is 186 g/mol. The molecule has 1 aromatic rings. The molecule has 0 bridgehead atoms. The summed E-state index contributed by atoms with van der Waals surface area (Å²) in [4.78, 5) is 0. The third-order valence-electron chi connectivity index (χ3n) is 2.24. The minimum atomic E-state index is -0.0389. The van der Waals surface area contributed by atoms with Crippen LogP contribution in [0.1, 0.15) is 25.8 Å². The van der Waals surface area contributed by atoms with Gasteiger partial charge >= 0.3 is 0 Å². The molecule has 0 saturated heterocycles. The molecule has 0 fully saturated rings. The Morgan fingerprint density at radius 1 is 1.47 bits per heavy atom. The standard InChI is InChI=1S/C12H17N3/c1-12(2,6-7-13)15-11-5-3-4-10(8-11)9-14/h3-5,8,15H,6-7,13H2,1-2H3. The van der Waals surface area contributed by atoms with Gasteiger partial charge in [0.15, 0.2) is 0 Å². The third-order valence-corrected chi connectivity index (χ3v) is 2.24. The fourth-order valence-electron chi connectivity index (χ4n) is 1.48. The van der Waals surface area contributed by atoms with Crippen molar-refractivity contribution in [2.45, 2.75) is 25.8 Å². The van der Waals surface area contributed by atoms with E-state index >= 15 is 0 Å². The van der Waals surface area contributed by atoms with Crippen molar-refractivity contribution < 1.29 is 0 Å². The molecular formula is C12H17N3. The molecule has 0 amide bonds. The van der Waals surface area contributed by atoms with Crippen molar-refractivity contribution in [1.29, 1.82) is 5.26 Å². The van der Waals surface area contributed by atoms with E-state index in [0.717, 1.165) is 12.1 Å². The summed E-state index contributed by atoms with van der Waals surface area (Å²) in [6.07, 6.45) is 0.893. The Hall–Kier alpha value is -1.53. The van der Waals surface area contributed by atoms with Crippen LogP contribution in [0.3, 0.4) is 0 Å². The summed E-state index contributed by atoms with van der Waals surface area (Å²) in [7, 11) is 0. The zero-order valence-corrected chi connectivity index (χ0v) is 9.25. The lowest BCUT2D eigenvalue weighted by Crippen LogP contribution is -2.33. The number of hydrogen-bond donors (Lipinski definition) is 2. The highest BCUT2D eigenvalue weighted by Gasteiger charge is 2.15. The fraction of sp³-hybridized carbons (Fsp3) is 0.417. The van der Waals surface area contributed by atoms with Gasteiger partial charge in [0.1, 0.15) is 0 Å². The molecule has 0 aliphatic carbocycles. The van der Waals surface area contributed by atoms with Crippen LogP contribution < -0.4 is 11.1 Å². The lowest BCUT2D eigenvalue weighted by atomic mass is 10.00. The summed E-state index contributed by atoms with van der Waals surface area (Å²) < 4.78 is 0. The van der Waals surface area contributed by atoms with Crippen LogP contribution in [0, 0.1) is 11.3 Å². The van der Waals surface area contributed by atoms with Gasteiger partial charge in [0, 0.05) is 11.2 Å². The van der Waals surface area contributed by atoms with Crippen LogP contribution in [0.5, 0.6) is 0 Å². The highest BCUT2D eigenvalue weighted by molar-refractivity contribution is 5.50. The molecule has 3 nitrogen and oxygen atoms in total. The van der Waals surface area contributed by atoms with Crippen molar-refractivity contribution in [1.82, 2.24) is 0 Å². The van der Waals surface area contributed by atoms with Gasteiger partial charge in [-0.15, -0.1) is 0 Å². The molecule has 0 spiro atoms. The fourth-order valence-corrected chi connectivity index (χ4v) is 1.48. The van der Waals surface area contributed by atoms with Crippen molar-refractivity contribution in [2.24, 2.45) is 5.73 Å². The summed E-state index contributed by atoms with van der Waals surface area (Å²) in [6.45, 7) is 4.84. The van der Waals surface area contributed by atoms with E-state index in [9.17, 15) is 0 Å². The number of benzene rings is 1. The Bertz CT molecular complexity index is 363. The minimum absolute atomic E-state index is 0.0389. The van der Waals surface area contributed by atoms with Crippen molar-refractivity contribution in [2.75, 3.05) is 11.9 Å². The molecule has 0 unspecified atom stereocenters. The molecule has 3 N–H and O–H groups in total. The van der Waals surface area contributed by atoms with Crippen molar-refractivity contribution >= 4 is 5.69 Å². The van der Waals surface area contributed by atoms with E-state index in [1.165, 1.54) is 0 Å². The van der Waals surface area contributed by atoms with Gasteiger partial charge < -0.3 is 11.1 Å². The number of nitrogens with zero attached hydrogens (tertiary/aromatic N) is 1. The van der Waals surface area contributed by atoms with Crippen LogP contribution in [0.4, 0.5) is 5.69 Å². The second-order valence-electron chi connectivity index (χ2n) is 4.24. The van der Waals surface area contributed by atoms with Gasteiger partial charge in [0.2, 0.25) is 0 Å². The predicted molar refractivity (Wildman–Crippen MR) is 62.5 cm³/mol. The number of nitrogens with two attached hydrogens (primary N) is 1. The molecule has 0 saturated carbocycles. The molecule has 0 aliphatic heterocycles. The molecule has 1 aromatic carbocycles. The van der Waals surface area contributed by atoms with E-state index in [4.69, 9.17) is 11.0 Å². The lowest BCUT2D eigenvalue weighted by molar-refractivity contribution is 0.526. The first-order valence-electron chi connectivity index (χ1n) is 5.06. The number of hydrogen-bond acceptors (Lipinski definition) is 3. The summed E-state index contributed by atoms with van der Waals surface area (Å²) in [5, 5.41) is 12.1. The molecule has 0 atom stereocenters. The second kappa shape index (κ2) is 4.81. The summed E-state index contributed by atoms with van der Waals surface area (Å²) in [6, 6.07) is 9.59. The quantitative estimate of drug-likeness (QED) is 0.787. The normalized spacial score (nSPS) is 10.8. The average Bonchev–Trinajstić information content (AvgIpc) is 2.17. The van der Waals surface area contributed by atoms with Gasteiger partial charge in [-0.05, 0) is 45.0 Å². The first-order valence-corrected chi connectivity index (χ1v) is 5.06. The maximum absolute atomic E-state index is 8.77. The van der Waals surface area contributed by atoms with Gasteiger partial charge in [0.05, 0.1) is 11.6 Å². The highest BCUT2D eigenvalue weighted by Crippen LogP contribution is 2.18. The molecule has 3 heteroatoms. The van der Waals surface area contributed by atoms with Gasteiger partial charge in [-0.2, -0.15) is 5.26 Å². The number of rotatable bonds is 4. The molecule has 15 heavy (non-hydrogen) atoms. The average molecular weight is 203 g/mol. The minimum Gasteiger partial charge on any atom is -0.380 e. The molecule has 0 aliphatic rings. The van der Waals surface area contributed by atoms with Gasteiger partial charge in [0.25, 0.3) is 0 Å². The van der Waals surface area contributed by atoms with Gasteiger partial charge in [-0.1, -0.05) is 6.07 Å². The first-order chi connectivity index (χ1) is 7.07. The van der Waals surface area contributed by atoms with E-state index in [2.05, 4.69) is 25.2 Å². The predicted octanol–water partition coefficient (Wildman–Crippen LogP) is 2.10. The monoisotopic (exact) mass is 203 g/mol. The lowest BCUT2D eigenvalue weighted by Gasteiger charge is -2.27.